The number of sulfonamides is 1. The van der Waals surface area contributed by atoms with Crippen LogP contribution in [0.25, 0.3) is 0 Å². The Morgan fingerprint density at radius 1 is 1.04 bits per heavy atom. The maximum Gasteiger partial charge on any atom is 0.227 e. The van der Waals surface area contributed by atoms with Crippen LogP contribution in [0.4, 0.5) is 5.95 Å². The summed E-state index contributed by atoms with van der Waals surface area (Å²) in [5, 5.41) is 8.90. The fraction of sp³-hybridized carbons (Fsp3) is 0.867. The van der Waals surface area contributed by atoms with Gasteiger partial charge in [0.15, 0.2) is 0 Å². The third-order valence-electron chi connectivity index (χ3n) is 5.08. The van der Waals surface area contributed by atoms with Gasteiger partial charge in [0, 0.05) is 38.6 Å². The third kappa shape index (κ3) is 3.24. The quantitative estimate of drug-likeness (QED) is 0.810. The number of aromatic nitrogens is 3. The van der Waals surface area contributed by atoms with E-state index in [1.54, 1.807) is 11.2 Å². The number of nitrogens with zero attached hydrogens (tertiary/aromatic N) is 5. The predicted molar refractivity (Wildman–Crippen MR) is 90.2 cm³/mol. The molecule has 130 valence electrons. The van der Waals surface area contributed by atoms with E-state index in [4.69, 9.17) is 0 Å². The molecular formula is C15H27N5O2S. The van der Waals surface area contributed by atoms with Gasteiger partial charge in [0.1, 0.15) is 5.82 Å². The van der Waals surface area contributed by atoms with Crippen LogP contribution in [0.1, 0.15) is 51.3 Å². The molecule has 2 aliphatic rings. The lowest BCUT2D eigenvalue weighted by Gasteiger charge is -2.34. The Labute approximate surface area is 138 Å². The molecule has 3 rings (SSSR count). The van der Waals surface area contributed by atoms with Crippen LogP contribution < -0.4 is 4.90 Å². The molecule has 0 atom stereocenters. The molecule has 1 aromatic rings. The Kier molecular flexibility index (Phi) is 4.91. The monoisotopic (exact) mass is 341 g/mol. The van der Waals surface area contributed by atoms with E-state index < -0.39 is 10.0 Å². The van der Waals surface area contributed by atoms with Crippen LogP contribution in [-0.2, 0) is 16.6 Å². The average molecular weight is 341 g/mol. The summed E-state index contributed by atoms with van der Waals surface area (Å²) in [5.41, 5.74) is 0. The number of rotatable bonds is 5. The molecular weight excluding hydrogens is 314 g/mol. The second-order valence-corrected chi connectivity index (χ2v) is 8.63. The smallest absolute Gasteiger partial charge is 0.227 e. The van der Waals surface area contributed by atoms with Gasteiger partial charge in [-0.3, -0.25) is 4.57 Å². The molecule has 1 saturated carbocycles. The van der Waals surface area contributed by atoms with E-state index in [2.05, 4.69) is 26.6 Å². The van der Waals surface area contributed by atoms with Crippen LogP contribution in [0.2, 0.25) is 0 Å². The molecule has 7 nitrogen and oxygen atoms in total. The molecule has 2 fully saturated rings. The first kappa shape index (κ1) is 16.7. The van der Waals surface area contributed by atoms with Crippen molar-refractivity contribution in [2.24, 2.45) is 0 Å². The van der Waals surface area contributed by atoms with Crippen molar-refractivity contribution in [2.45, 2.75) is 52.0 Å². The zero-order chi connectivity index (χ0) is 16.4. The van der Waals surface area contributed by atoms with E-state index in [0.29, 0.717) is 32.1 Å². The van der Waals surface area contributed by atoms with E-state index in [0.717, 1.165) is 18.3 Å². The summed E-state index contributed by atoms with van der Waals surface area (Å²) in [6.45, 7) is 7.12. The molecule has 1 aliphatic heterocycles. The van der Waals surface area contributed by atoms with E-state index in [-0.39, 0.29) is 5.75 Å². The third-order valence-corrected chi connectivity index (χ3v) is 6.96. The zero-order valence-electron chi connectivity index (χ0n) is 14.1. The normalized spacial score (nSPS) is 21.2. The lowest BCUT2D eigenvalue weighted by Crippen LogP contribution is -2.49. The van der Waals surface area contributed by atoms with Gasteiger partial charge >= 0.3 is 0 Å². The zero-order valence-corrected chi connectivity index (χ0v) is 14.9. The fourth-order valence-corrected chi connectivity index (χ4v) is 4.76. The van der Waals surface area contributed by atoms with Gasteiger partial charge in [-0.25, -0.2) is 8.42 Å². The number of anilines is 1. The summed E-state index contributed by atoms with van der Waals surface area (Å²) in [5.74, 6) is 2.73. The SMILES string of the molecule is CCn1c(C2CCCC2)nnc1N1CCN(S(=O)(=O)CC)CC1. The van der Waals surface area contributed by atoms with Gasteiger partial charge in [-0.1, -0.05) is 12.8 Å². The van der Waals surface area contributed by atoms with E-state index in [9.17, 15) is 8.42 Å². The van der Waals surface area contributed by atoms with Gasteiger partial charge in [0.2, 0.25) is 16.0 Å². The molecule has 1 aromatic heterocycles. The molecule has 0 unspecified atom stereocenters. The summed E-state index contributed by atoms with van der Waals surface area (Å²) in [4.78, 5) is 2.18. The standard InChI is InChI=1S/C15H27N5O2S/c1-3-20-14(13-7-5-6-8-13)16-17-15(20)18-9-11-19(12-10-18)23(21,22)4-2/h13H,3-12H2,1-2H3. The molecule has 1 saturated heterocycles. The summed E-state index contributed by atoms with van der Waals surface area (Å²) in [6, 6.07) is 0. The number of hydrogen-bond donors (Lipinski definition) is 0. The van der Waals surface area contributed by atoms with Crippen molar-refractivity contribution in [3.8, 4) is 0 Å². The van der Waals surface area contributed by atoms with Crippen molar-refractivity contribution in [1.82, 2.24) is 19.1 Å². The Hall–Kier alpha value is -1.15. The van der Waals surface area contributed by atoms with E-state index in [1.165, 1.54) is 25.7 Å². The van der Waals surface area contributed by atoms with Crippen LogP contribution in [0.3, 0.4) is 0 Å². The van der Waals surface area contributed by atoms with Gasteiger partial charge < -0.3 is 4.90 Å². The van der Waals surface area contributed by atoms with Crippen LogP contribution in [0.5, 0.6) is 0 Å². The van der Waals surface area contributed by atoms with Gasteiger partial charge in [-0.05, 0) is 26.7 Å². The molecule has 0 aromatic carbocycles. The van der Waals surface area contributed by atoms with Crippen molar-refractivity contribution >= 4 is 16.0 Å². The average Bonchev–Trinajstić information content (AvgIpc) is 3.23. The lowest BCUT2D eigenvalue weighted by molar-refractivity contribution is 0.381. The Balaban J connectivity index is 1.73. The lowest BCUT2D eigenvalue weighted by atomic mass is 10.1. The molecule has 0 amide bonds. The topological polar surface area (TPSA) is 71.3 Å². The molecule has 2 heterocycles. The van der Waals surface area contributed by atoms with Crippen LogP contribution in [-0.4, -0.2) is 59.4 Å². The molecule has 0 bridgehead atoms. The van der Waals surface area contributed by atoms with Crippen LogP contribution in [0.15, 0.2) is 0 Å². The minimum absolute atomic E-state index is 0.171. The second kappa shape index (κ2) is 6.76. The molecule has 8 heteroatoms. The van der Waals surface area contributed by atoms with Gasteiger partial charge in [-0.2, -0.15) is 4.31 Å². The Bertz CT molecular complexity index is 628. The fourth-order valence-electron chi connectivity index (χ4n) is 3.68. The highest BCUT2D eigenvalue weighted by atomic mass is 32.2. The maximum absolute atomic E-state index is 12.0. The largest absolute Gasteiger partial charge is 0.338 e. The Morgan fingerprint density at radius 2 is 1.70 bits per heavy atom. The first-order valence-electron chi connectivity index (χ1n) is 8.72. The highest BCUT2D eigenvalue weighted by molar-refractivity contribution is 7.89. The highest BCUT2D eigenvalue weighted by Crippen LogP contribution is 2.34. The van der Waals surface area contributed by atoms with Crippen molar-refractivity contribution in [3.05, 3.63) is 5.82 Å². The van der Waals surface area contributed by atoms with E-state index >= 15 is 0 Å². The first-order chi connectivity index (χ1) is 11.1. The molecule has 0 radical (unpaired) electrons. The van der Waals surface area contributed by atoms with E-state index in [1.807, 2.05) is 0 Å². The van der Waals surface area contributed by atoms with Gasteiger partial charge in [0.25, 0.3) is 0 Å². The van der Waals surface area contributed by atoms with Crippen molar-refractivity contribution < 1.29 is 8.42 Å². The van der Waals surface area contributed by atoms with Gasteiger partial charge in [-0.15, -0.1) is 10.2 Å². The van der Waals surface area contributed by atoms with Crippen LogP contribution >= 0.6 is 0 Å². The van der Waals surface area contributed by atoms with Crippen molar-refractivity contribution in [3.63, 3.8) is 0 Å². The maximum atomic E-state index is 12.0. The van der Waals surface area contributed by atoms with Gasteiger partial charge in [0.05, 0.1) is 5.75 Å². The summed E-state index contributed by atoms with van der Waals surface area (Å²) in [7, 11) is -3.09. The molecule has 1 aliphatic carbocycles. The minimum Gasteiger partial charge on any atom is -0.338 e. The summed E-state index contributed by atoms with van der Waals surface area (Å²) >= 11 is 0. The Morgan fingerprint density at radius 3 is 2.26 bits per heavy atom. The van der Waals surface area contributed by atoms with Crippen molar-refractivity contribution in [1.29, 1.82) is 0 Å². The molecule has 0 N–H and O–H groups in total. The minimum atomic E-state index is -3.09. The molecule has 0 spiro atoms. The highest BCUT2D eigenvalue weighted by Gasteiger charge is 2.30. The number of piperazine rings is 1. The summed E-state index contributed by atoms with van der Waals surface area (Å²) in [6.07, 6.45) is 4.98. The van der Waals surface area contributed by atoms with Crippen molar-refractivity contribution in [2.75, 3.05) is 36.8 Å². The summed E-state index contributed by atoms with van der Waals surface area (Å²) < 4.78 is 27.8. The predicted octanol–water partition coefficient (Wildman–Crippen LogP) is 1.43. The second-order valence-electron chi connectivity index (χ2n) is 6.37. The molecule has 23 heavy (non-hydrogen) atoms. The first-order valence-corrected chi connectivity index (χ1v) is 10.3. The van der Waals surface area contributed by atoms with Crippen LogP contribution in [0, 0.1) is 0 Å². The number of hydrogen-bond acceptors (Lipinski definition) is 5.